The fourth-order valence-electron chi connectivity index (χ4n) is 1.94. The molecule has 6 nitrogen and oxygen atoms in total. The van der Waals surface area contributed by atoms with Crippen LogP contribution in [0.3, 0.4) is 0 Å². The van der Waals surface area contributed by atoms with Crippen LogP contribution >= 0.6 is 15.9 Å². The van der Waals surface area contributed by atoms with Crippen molar-refractivity contribution in [3.63, 3.8) is 0 Å². The van der Waals surface area contributed by atoms with Gasteiger partial charge in [0.1, 0.15) is 12.0 Å². The number of halogens is 1. The highest BCUT2D eigenvalue weighted by molar-refractivity contribution is 9.10. The molecule has 3 rings (SSSR count). The molecule has 106 valence electrons. The minimum atomic E-state index is -0.188. The molecule has 0 bridgehead atoms. The number of aromatic amines is 1. The van der Waals surface area contributed by atoms with Gasteiger partial charge < -0.3 is 14.9 Å². The number of hydrogen-bond donors (Lipinski definition) is 2. The Labute approximate surface area is 129 Å². The summed E-state index contributed by atoms with van der Waals surface area (Å²) in [6, 6.07) is 9.18. The molecule has 0 unspecified atom stereocenters. The Morgan fingerprint density at radius 2 is 2.10 bits per heavy atom. The molecule has 3 aromatic rings. The molecule has 0 aliphatic heterocycles. The molecule has 0 atom stereocenters. The van der Waals surface area contributed by atoms with E-state index in [1.54, 1.807) is 18.6 Å². The summed E-state index contributed by atoms with van der Waals surface area (Å²) in [5, 5.41) is 10.7. The standard InChI is InChI=1S/C14H12BrN5O/c1-20-8-17-19-13(20)9-2-4-11(5-3-9)18-14(21)12-6-10(15)7-16-12/h2-8,16H,1H3,(H,18,21). The SMILES string of the molecule is Cn1cnnc1-c1ccc(NC(=O)c2cc(Br)c[nH]2)cc1. The molecule has 2 heterocycles. The summed E-state index contributed by atoms with van der Waals surface area (Å²) >= 11 is 3.30. The minimum Gasteiger partial charge on any atom is -0.356 e. The lowest BCUT2D eigenvalue weighted by Crippen LogP contribution is -2.12. The number of H-pyrrole nitrogens is 1. The first kappa shape index (κ1) is 13.6. The van der Waals surface area contributed by atoms with Crippen molar-refractivity contribution < 1.29 is 4.79 Å². The number of amides is 1. The second-order valence-corrected chi connectivity index (χ2v) is 5.44. The van der Waals surface area contributed by atoms with Crippen molar-refractivity contribution in [3.05, 3.63) is 53.0 Å². The van der Waals surface area contributed by atoms with Crippen LogP contribution in [0.5, 0.6) is 0 Å². The Bertz CT molecular complexity index is 775. The van der Waals surface area contributed by atoms with Crippen LogP contribution in [-0.2, 0) is 7.05 Å². The molecule has 0 aliphatic rings. The first-order valence-corrected chi connectivity index (χ1v) is 7.02. The van der Waals surface area contributed by atoms with E-state index in [-0.39, 0.29) is 5.91 Å². The van der Waals surface area contributed by atoms with E-state index < -0.39 is 0 Å². The zero-order chi connectivity index (χ0) is 14.8. The van der Waals surface area contributed by atoms with Gasteiger partial charge in [-0.2, -0.15) is 0 Å². The van der Waals surface area contributed by atoms with Crippen molar-refractivity contribution in [1.82, 2.24) is 19.7 Å². The molecule has 1 amide bonds. The van der Waals surface area contributed by atoms with Gasteiger partial charge >= 0.3 is 0 Å². The Kier molecular flexibility index (Phi) is 3.57. The largest absolute Gasteiger partial charge is 0.356 e. The van der Waals surface area contributed by atoms with E-state index in [1.807, 2.05) is 35.9 Å². The van der Waals surface area contributed by atoms with E-state index >= 15 is 0 Å². The van der Waals surface area contributed by atoms with Crippen LogP contribution in [0.2, 0.25) is 0 Å². The van der Waals surface area contributed by atoms with Crippen molar-refractivity contribution in [2.45, 2.75) is 0 Å². The minimum absolute atomic E-state index is 0.188. The van der Waals surface area contributed by atoms with Crippen LogP contribution in [0.1, 0.15) is 10.5 Å². The molecule has 7 heteroatoms. The summed E-state index contributed by atoms with van der Waals surface area (Å²) in [5.74, 6) is 0.591. The highest BCUT2D eigenvalue weighted by Crippen LogP contribution is 2.19. The molecule has 0 aliphatic carbocycles. The van der Waals surface area contributed by atoms with Gasteiger partial charge in [-0.15, -0.1) is 10.2 Å². The maximum absolute atomic E-state index is 12.0. The number of aromatic nitrogens is 4. The molecular formula is C14H12BrN5O. The summed E-state index contributed by atoms with van der Waals surface area (Å²) in [6.07, 6.45) is 3.36. The summed E-state index contributed by atoms with van der Waals surface area (Å²) in [5.41, 5.74) is 2.16. The van der Waals surface area contributed by atoms with Gasteiger partial charge in [0.25, 0.3) is 5.91 Å². The Morgan fingerprint density at radius 3 is 2.67 bits per heavy atom. The van der Waals surface area contributed by atoms with Crippen LogP contribution in [0.4, 0.5) is 5.69 Å². The van der Waals surface area contributed by atoms with E-state index in [1.165, 1.54) is 0 Å². The van der Waals surface area contributed by atoms with E-state index in [0.717, 1.165) is 21.5 Å². The first-order chi connectivity index (χ1) is 10.1. The van der Waals surface area contributed by atoms with Gasteiger partial charge in [0, 0.05) is 29.0 Å². The lowest BCUT2D eigenvalue weighted by molar-refractivity contribution is 0.102. The van der Waals surface area contributed by atoms with E-state index in [0.29, 0.717) is 5.69 Å². The maximum Gasteiger partial charge on any atom is 0.272 e. The number of aryl methyl sites for hydroxylation is 1. The number of nitrogens with zero attached hydrogens (tertiary/aromatic N) is 3. The molecule has 0 saturated carbocycles. The van der Waals surface area contributed by atoms with Gasteiger partial charge in [-0.05, 0) is 46.3 Å². The van der Waals surface area contributed by atoms with Crippen molar-refractivity contribution in [3.8, 4) is 11.4 Å². The first-order valence-electron chi connectivity index (χ1n) is 6.23. The third kappa shape index (κ3) is 2.87. The number of hydrogen-bond acceptors (Lipinski definition) is 3. The summed E-state index contributed by atoms with van der Waals surface area (Å²) < 4.78 is 2.68. The van der Waals surface area contributed by atoms with Crippen LogP contribution < -0.4 is 5.32 Å². The monoisotopic (exact) mass is 345 g/mol. The number of benzene rings is 1. The zero-order valence-corrected chi connectivity index (χ0v) is 12.8. The quantitative estimate of drug-likeness (QED) is 0.766. The Hall–Kier alpha value is -2.41. The zero-order valence-electron chi connectivity index (χ0n) is 11.2. The van der Waals surface area contributed by atoms with Crippen molar-refractivity contribution >= 4 is 27.5 Å². The molecule has 0 saturated heterocycles. The van der Waals surface area contributed by atoms with Crippen LogP contribution in [0, 0.1) is 0 Å². The normalized spacial score (nSPS) is 10.6. The number of carbonyl (C=O) groups is 1. The number of carbonyl (C=O) groups excluding carboxylic acids is 1. The number of anilines is 1. The molecule has 0 spiro atoms. The predicted molar refractivity (Wildman–Crippen MR) is 82.9 cm³/mol. The van der Waals surface area contributed by atoms with Gasteiger partial charge in [-0.1, -0.05) is 0 Å². The maximum atomic E-state index is 12.0. The van der Waals surface area contributed by atoms with Crippen LogP contribution in [0.15, 0.2) is 47.3 Å². The van der Waals surface area contributed by atoms with Crippen molar-refractivity contribution in [2.24, 2.45) is 7.05 Å². The molecule has 2 N–H and O–H groups in total. The third-order valence-electron chi connectivity index (χ3n) is 3.00. The van der Waals surface area contributed by atoms with Crippen molar-refractivity contribution in [2.75, 3.05) is 5.32 Å². The van der Waals surface area contributed by atoms with E-state index in [2.05, 4.69) is 36.4 Å². The fourth-order valence-corrected chi connectivity index (χ4v) is 2.29. The molecule has 1 aromatic carbocycles. The van der Waals surface area contributed by atoms with Gasteiger partial charge in [-0.3, -0.25) is 4.79 Å². The summed E-state index contributed by atoms with van der Waals surface area (Å²) in [7, 11) is 1.88. The predicted octanol–water partition coefficient (Wildman–Crippen LogP) is 2.83. The smallest absolute Gasteiger partial charge is 0.272 e. The van der Waals surface area contributed by atoms with Gasteiger partial charge in [0.15, 0.2) is 5.82 Å². The highest BCUT2D eigenvalue weighted by atomic mass is 79.9. The van der Waals surface area contributed by atoms with Gasteiger partial charge in [0.2, 0.25) is 0 Å². The fraction of sp³-hybridized carbons (Fsp3) is 0.0714. The lowest BCUT2D eigenvalue weighted by Gasteiger charge is -2.05. The Balaban J connectivity index is 1.76. The molecule has 0 radical (unpaired) electrons. The molecule has 2 aromatic heterocycles. The number of nitrogens with one attached hydrogen (secondary N) is 2. The summed E-state index contributed by atoms with van der Waals surface area (Å²) in [4.78, 5) is 14.9. The topological polar surface area (TPSA) is 75.6 Å². The van der Waals surface area contributed by atoms with Gasteiger partial charge in [0.05, 0.1) is 0 Å². The second kappa shape index (κ2) is 5.53. The van der Waals surface area contributed by atoms with E-state index in [9.17, 15) is 4.79 Å². The average molecular weight is 346 g/mol. The lowest BCUT2D eigenvalue weighted by atomic mass is 10.2. The third-order valence-corrected chi connectivity index (χ3v) is 3.46. The number of rotatable bonds is 3. The second-order valence-electron chi connectivity index (χ2n) is 4.53. The van der Waals surface area contributed by atoms with Crippen molar-refractivity contribution in [1.29, 1.82) is 0 Å². The van der Waals surface area contributed by atoms with Crippen LogP contribution in [0.25, 0.3) is 11.4 Å². The molecule has 21 heavy (non-hydrogen) atoms. The summed E-state index contributed by atoms with van der Waals surface area (Å²) in [6.45, 7) is 0. The van der Waals surface area contributed by atoms with Crippen LogP contribution in [-0.4, -0.2) is 25.7 Å². The molecule has 0 fully saturated rings. The van der Waals surface area contributed by atoms with Gasteiger partial charge in [-0.25, -0.2) is 0 Å². The Morgan fingerprint density at radius 1 is 1.33 bits per heavy atom. The van der Waals surface area contributed by atoms with E-state index in [4.69, 9.17) is 0 Å². The highest BCUT2D eigenvalue weighted by Gasteiger charge is 2.09. The molecular weight excluding hydrogens is 334 g/mol. The average Bonchev–Trinajstić information content (AvgIpc) is 3.08.